The number of carbonyl (C=O) groups excluding carboxylic acids is 1. The van der Waals surface area contributed by atoms with Crippen LogP contribution in [-0.2, 0) is 15.7 Å². The largest absolute Gasteiger partial charge is 0.462 e. The van der Waals surface area contributed by atoms with Crippen LogP contribution in [0.3, 0.4) is 0 Å². The summed E-state index contributed by atoms with van der Waals surface area (Å²) in [6, 6.07) is 4.19. The number of carbonyl (C=O) groups is 1. The van der Waals surface area contributed by atoms with Gasteiger partial charge in [-0.3, -0.25) is 0 Å². The maximum atomic E-state index is 13.7. The van der Waals surface area contributed by atoms with Crippen LogP contribution in [0.5, 0.6) is 0 Å². The quantitative estimate of drug-likeness (QED) is 0.553. The molecule has 0 amide bonds. The molecule has 1 aliphatic carbocycles. The van der Waals surface area contributed by atoms with E-state index in [9.17, 15) is 27.6 Å². The normalized spacial score (nSPS) is 19.7. The molecule has 1 aliphatic heterocycles. The Balaban J connectivity index is 2.17. The molecule has 1 saturated carbocycles. The summed E-state index contributed by atoms with van der Waals surface area (Å²) in [5, 5.41) is 12.6. The van der Waals surface area contributed by atoms with Gasteiger partial charge >= 0.3 is 12.1 Å². The lowest BCUT2D eigenvalue weighted by Gasteiger charge is -2.31. The van der Waals surface area contributed by atoms with Crippen molar-refractivity contribution in [3.63, 3.8) is 0 Å². The van der Waals surface area contributed by atoms with Gasteiger partial charge in [-0.25, -0.2) is 9.18 Å². The summed E-state index contributed by atoms with van der Waals surface area (Å²) in [7, 11) is 0. The van der Waals surface area contributed by atoms with Gasteiger partial charge in [-0.05, 0) is 49.8 Å². The second-order valence-electron chi connectivity index (χ2n) is 7.23. The number of rotatable bonds is 5. The van der Waals surface area contributed by atoms with E-state index in [-0.39, 0.29) is 29.2 Å². The molecule has 1 N–H and O–H groups in total. The smallest absolute Gasteiger partial charge is 0.416 e. The van der Waals surface area contributed by atoms with Crippen molar-refractivity contribution in [3.8, 4) is 6.07 Å². The van der Waals surface area contributed by atoms with Crippen LogP contribution in [0.4, 0.5) is 17.6 Å². The molecule has 0 saturated heterocycles. The van der Waals surface area contributed by atoms with Crippen molar-refractivity contribution in [2.24, 2.45) is 5.92 Å². The third kappa shape index (κ3) is 4.29. The fourth-order valence-corrected chi connectivity index (χ4v) is 3.46. The predicted octanol–water partition coefficient (Wildman–Crippen LogP) is 4.95. The van der Waals surface area contributed by atoms with Gasteiger partial charge in [0.05, 0.1) is 35.3 Å². The molecule has 2 aliphatic rings. The summed E-state index contributed by atoms with van der Waals surface area (Å²) in [6.45, 7) is 3.49. The van der Waals surface area contributed by atoms with Crippen molar-refractivity contribution < 1.29 is 27.1 Å². The third-order valence-corrected chi connectivity index (χ3v) is 5.12. The summed E-state index contributed by atoms with van der Waals surface area (Å²) in [6.07, 6.45) is -2.66. The molecule has 3 rings (SSSR count). The Morgan fingerprint density at radius 3 is 2.59 bits per heavy atom. The van der Waals surface area contributed by atoms with Crippen molar-refractivity contribution >= 4 is 5.97 Å². The molecule has 1 unspecified atom stereocenters. The lowest BCUT2D eigenvalue weighted by Crippen LogP contribution is -2.31. The number of nitrogens with one attached hydrogen (secondary N) is 1. The van der Waals surface area contributed by atoms with Crippen molar-refractivity contribution in [1.82, 2.24) is 5.32 Å². The number of nitrogens with zero attached hydrogens (tertiary/aromatic N) is 1. The van der Waals surface area contributed by atoms with Crippen LogP contribution in [0.25, 0.3) is 0 Å². The third-order valence-electron chi connectivity index (χ3n) is 5.12. The summed E-state index contributed by atoms with van der Waals surface area (Å²) in [4.78, 5) is 12.9. The monoisotopic (exact) mass is 408 g/mol. The van der Waals surface area contributed by atoms with Gasteiger partial charge in [-0.1, -0.05) is 13.0 Å². The Morgan fingerprint density at radius 2 is 2.03 bits per heavy atom. The van der Waals surface area contributed by atoms with Crippen molar-refractivity contribution in [2.45, 2.75) is 45.2 Å². The molecule has 1 heterocycles. The van der Waals surface area contributed by atoms with Gasteiger partial charge in [0, 0.05) is 11.4 Å². The van der Waals surface area contributed by atoms with E-state index < -0.39 is 29.4 Å². The Morgan fingerprint density at radius 1 is 1.34 bits per heavy atom. The first-order chi connectivity index (χ1) is 13.7. The van der Waals surface area contributed by atoms with Gasteiger partial charge in [-0.2, -0.15) is 18.4 Å². The van der Waals surface area contributed by atoms with Crippen LogP contribution >= 0.6 is 0 Å². The molecule has 154 valence electrons. The average Bonchev–Trinajstić information content (AvgIpc) is 3.49. The number of alkyl halides is 3. The number of halogens is 4. The molecule has 0 aromatic heterocycles. The number of nitriles is 1. The van der Waals surface area contributed by atoms with E-state index in [0.717, 1.165) is 25.0 Å². The standard InChI is InChI=1S/C21H20F4N2O2/c1-3-17-19(20(28)29-10-12-4-5-12)18(15(9-26)11(2)27-17)14-7-6-13(22)8-16(14)21(23,24)25/h6-8,12,18,27H,3-5,10H2,1-2H3. The van der Waals surface area contributed by atoms with Crippen molar-refractivity contribution in [3.05, 3.63) is 57.7 Å². The van der Waals surface area contributed by atoms with Gasteiger partial charge < -0.3 is 10.1 Å². The molecule has 8 heteroatoms. The van der Waals surface area contributed by atoms with E-state index >= 15 is 0 Å². The van der Waals surface area contributed by atoms with Gasteiger partial charge in [0.2, 0.25) is 0 Å². The van der Waals surface area contributed by atoms with Gasteiger partial charge in [0.25, 0.3) is 0 Å². The highest BCUT2D eigenvalue weighted by Gasteiger charge is 2.42. The molecular formula is C21H20F4N2O2. The van der Waals surface area contributed by atoms with Gasteiger partial charge in [0.15, 0.2) is 0 Å². The summed E-state index contributed by atoms with van der Waals surface area (Å²) >= 11 is 0. The van der Waals surface area contributed by atoms with Crippen LogP contribution in [0.2, 0.25) is 0 Å². The van der Waals surface area contributed by atoms with E-state index in [1.54, 1.807) is 13.8 Å². The first kappa shape index (κ1) is 20.9. The van der Waals surface area contributed by atoms with Crippen LogP contribution in [-0.4, -0.2) is 12.6 Å². The Kier molecular flexibility index (Phi) is 5.69. The second-order valence-corrected chi connectivity index (χ2v) is 7.23. The fourth-order valence-electron chi connectivity index (χ4n) is 3.46. The number of allylic oxidation sites excluding steroid dienone is 3. The van der Waals surface area contributed by atoms with Gasteiger partial charge in [-0.15, -0.1) is 0 Å². The van der Waals surface area contributed by atoms with Crippen LogP contribution in [0.1, 0.15) is 50.2 Å². The number of hydrogen-bond acceptors (Lipinski definition) is 4. The number of hydrogen-bond donors (Lipinski definition) is 1. The number of dihydropyridines is 1. The zero-order valence-electron chi connectivity index (χ0n) is 16.0. The minimum Gasteiger partial charge on any atom is -0.462 e. The highest BCUT2D eigenvalue weighted by molar-refractivity contribution is 5.93. The molecule has 1 aromatic rings. The van der Waals surface area contributed by atoms with Crippen molar-refractivity contribution in [2.75, 3.05) is 6.61 Å². The number of ether oxygens (including phenoxy) is 1. The predicted molar refractivity (Wildman–Crippen MR) is 96.6 cm³/mol. The van der Waals surface area contributed by atoms with Gasteiger partial charge in [0.1, 0.15) is 5.82 Å². The highest BCUT2D eigenvalue weighted by Crippen LogP contribution is 2.44. The molecule has 0 radical (unpaired) electrons. The lowest BCUT2D eigenvalue weighted by molar-refractivity contribution is -0.141. The maximum absolute atomic E-state index is 13.7. The van der Waals surface area contributed by atoms with E-state index in [2.05, 4.69) is 5.32 Å². The topological polar surface area (TPSA) is 62.1 Å². The molecule has 0 spiro atoms. The van der Waals surface area contributed by atoms with Crippen LogP contribution in [0.15, 0.2) is 40.7 Å². The highest BCUT2D eigenvalue weighted by atomic mass is 19.4. The Labute approximate surface area is 165 Å². The SMILES string of the molecule is CCC1=C(C(=O)OCC2CC2)C(c2ccc(F)cc2C(F)(F)F)C(C#N)=C(C)N1. The molecule has 1 aromatic carbocycles. The molecule has 1 fully saturated rings. The first-order valence-corrected chi connectivity index (χ1v) is 9.32. The number of esters is 1. The van der Waals surface area contributed by atoms with Crippen LogP contribution < -0.4 is 5.32 Å². The fraction of sp³-hybridized carbons (Fsp3) is 0.429. The zero-order chi connectivity index (χ0) is 21.3. The van der Waals surface area contributed by atoms with Crippen molar-refractivity contribution in [1.29, 1.82) is 5.26 Å². The Hall–Kier alpha value is -2.82. The van der Waals surface area contributed by atoms with E-state index in [0.29, 0.717) is 23.9 Å². The summed E-state index contributed by atoms with van der Waals surface area (Å²) in [5.41, 5.74) is -0.881. The van der Waals surface area contributed by atoms with Crippen LogP contribution in [0, 0.1) is 23.1 Å². The summed E-state index contributed by atoms with van der Waals surface area (Å²) in [5.74, 6) is -2.83. The van der Waals surface area contributed by atoms with E-state index in [1.807, 2.05) is 6.07 Å². The molecule has 1 atom stereocenters. The first-order valence-electron chi connectivity index (χ1n) is 9.32. The molecule has 0 bridgehead atoms. The summed E-state index contributed by atoms with van der Waals surface area (Å²) < 4.78 is 60.0. The minimum absolute atomic E-state index is 0.0299. The molecular weight excluding hydrogens is 388 g/mol. The Bertz CT molecular complexity index is 937. The maximum Gasteiger partial charge on any atom is 0.416 e. The lowest BCUT2D eigenvalue weighted by atomic mass is 9.78. The molecule has 4 nitrogen and oxygen atoms in total. The average molecular weight is 408 g/mol. The second kappa shape index (κ2) is 7.90. The molecule has 29 heavy (non-hydrogen) atoms. The minimum atomic E-state index is -4.85. The zero-order valence-corrected chi connectivity index (χ0v) is 16.0. The van der Waals surface area contributed by atoms with E-state index in [4.69, 9.17) is 4.74 Å². The number of benzene rings is 1. The van der Waals surface area contributed by atoms with E-state index in [1.165, 1.54) is 0 Å².